The minimum Gasteiger partial charge on any atom is -0.294 e. The van der Waals surface area contributed by atoms with Crippen LogP contribution in [0.1, 0.15) is 20.8 Å². The molecule has 2 rings (SSSR count). The first kappa shape index (κ1) is 13.7. The van der Waals surface area contributed by atoms with Crippen LogP contribution >= 0.6 is 0 Å². The summed E-state index contributed by atoms with van der Waals surface area (Å²) in [5.41, 5.74) is 1.34. The third kappa shape index (κ3) is 2.67. The van der Waals surface area contributed by atoms with Crippen LogP contribution in [0.4, 0.5) is 0 Å². The lowest BCUT2D eigenvalue weighted by Gasteiger charge is -2.45. The lowest BCUT2D eigenvalue weighted by atomic mass is 9.90. The van der Waals surface area contributed by atoms with Crippen LogP contribution in [0.25, 0.3) is 0 Å². The molecule has 0 aliphatic carbocycles. The number of hydrazone groups is 1. The highest BCUT2D eigenvalue weighted by Crippen LogP contribution is 2.36. The van der Waals surface area contributed by atoms with Crippen molar-refractivity contribution in [1.82, 2.24) is 9.91 Å². The van der Waals surface area contributed by atoms with E-state index in [2.05, 4.69) is 35.4 Å². The number of nitrogens with zero attached hydrogens (tertiary/aromatic N) is 3. The zero-order valence-corrected chi connectivity index (χ0v) is 12.5. The van der Waals surface area contributed by atoms with Gasteiger partial charge in [0.1, 0.15) is 0 Å². The van der Waals surface area contributed by atoms with E-state index >= 15 is 0 Å². The van der Waals surface area contributed by atoms with Crippen LogP contribution in [0.15, 0.2) is 17.4 Å². The van der Waals surface area contributed by atoms with E-state index in [4.69, 9.17) is 4.78 Å². The molecular weight excluding hydrogens is 244 g/mol. The molecule has 2 heterocycles. The number of nitrogens with one attached hydrogen (secondary N) is 1. The lowest BCUT2D eigenvalue weighted by Crippen LogP contribution is -2.55. The van der Waals surface area contributed by atoms with E-state index in [9.17, 15) is 0 Å². The van der Waals surface area contributed by atoms with Crippen LogP contribution < -0.4 is 0 Å². The van der Waals surface area contributed by atoms with Gasteiger partial charge in [-0.1, -0.05) is 6.58 Å². The molecule has 1 N–H and O–H groups in total. The Kier molecular flexibility index (Phi) is 3.92. The standard InChI is InChI=1S/C13H24N4S/c1-5-15-17-8-13(9-18(14)10-13)7-16(11(2)3)6-12(17)4/h5,11,14H,4,6-10H2,1-3H3/b15-5-. The van der Waals surface area contributed by atoms with Gasteiger partial charge in [-0.25, -0.2) is 0 Å². The molecule has 0 amide bonds. The van der Waals surface area contributed by atoms with Crippen molar-refractivity contribution in [2.45, 2.75) is 26.8 Å². The van der Waals surface area contributed by atoms with Gasteiger partial charge in [-0.2, -0.15) is 5.10 Å². The van der Waals surface area contributed by atoms with Crippen LogP contribution in [-0.4, -0.2) is 53.3 Å². The summed E-state index contributed by atoms with van der Waals surface area (Å²) in [6.07, 6.45) is 1.84. The predicted octanol–water partition coefficient (Wildman–Crippen LogP) is 1.91. The molecule has 4 nitrogen and oxygen atoms in total. The molecule has 2 fully saturated rings. The van der Waals surface area contributed by atoms with E-state index < -0.39 is 0 Å². The highest BCUT2D eigenvalue weighted by Gasteiger charge is 2.45. The summed E-state index contributed by atoms with van der Waals surface area (Å²) >= 11 is 0. The minimum absolute atomic E-state index is 0.130. The van der Waals surface area contributed by atoms with Gasteiger partial charge in [0.2, 0.25) is 0 Å². The summed E-state index contributed by atoms with van der Waals surface area (Å²) in [7, 11) is -0.130. The van der Waals surface area contributed by atoms with Gasteiger partial charge in [0, 0.05) is 54.5 Å². The fourth-order valence-corrected chi connectivity index (χ4v) is 4.55. The molecule has 0 bridgehead atoms. The van der Waals surface area contributed by atoms with Gasteiger partial charge in [-0.05, 0) is 20.8 Å². The van der Waals surface area contributed by atoms with Crippen LogP contribution in [0.2, 0.25) is 0 Å². The molecule has 2 aliphatic rings. The summed E-state index contributed by atoms with van der Waals surface area (Å²) < 4.78 is 7.87. The maximum Gasteiger partial charge on any atom is 0.0497 e. The average Bonchev–Trinajstić information content (AvgIpc) is 2.37. The van der Waals surface area contributed by atoms with Crippen LogP contribution in [0, 0.1) is 10.2 Å². The van der Waals surface area contributed by atoms with Crippen LogP contribution in [0.3, 0.4) is 0 Å². The second-order valence-corrected chi connectivity index (χ2v) is 7.34. The van der Waals surface area contributed by atoms with Gasteiger partial charge in [-0.15, -0.1) is 10.7 Å². The molecule has 0 aromatic rings. The number of hydrogen-bond donors (Lipinski definition) is 1. The third-order valence-electron chi connectivity index (χ3n) is 3.72. The molecule has 1 spiro atoms. The van der Waals surface area contributed by atoms with Gasteiger partial charge >= 0.3 is 0 Å². The first-order valence-corrected chi connectivity index (χ1v) is 8.09. The second-order valence-electron chi connectivity index (χ2n) is 5.78. The Morgan fingerprint density at radius 3 is 2.61 bits per heavy atom. The molecule has 0 aromatic heterocycles. The van der Waals surface area contributed by atoms with Crippen molar-refractivity contribution in [2.75, 3.05) is 31.1 Å². The summed E-state index contributed by atoms with van der Waals surface area (Å²) in [6, 6.07) is 0.525. The zero-order chi connectivity index (χ0) is 13.3. The van der Waals surface area contributed by atoms with Gasteiger partial charge in [0.05, 0.1) is 0 Å². The Labute approximate surface area is 113 Å². The zero-order valence-electron chi connectivity index (χ0n) is 11.6. The molecular formula is C13H24N4S. The molecule has 102 valence electrons. The van der Waals surface area contributed by atoms with E-state index in [1.54, 1.807) is 0 Å². The Morgan fingerprint density at radius 1 is 1.44 bits per heavy atom. The van der Waals surface area contributed by atoms with Gasteiger partial charge in [0.15, 0.2) is 0 Å². The number of rotatable bonds is 2. The number of hydrogen-bond acceptors (Lipinski definition) is 4. The fraction of sp³-hybridized carbons (Fsp3) is 0.769. The summed E-state index contributed by atoms with van der Waals surface area (Å²) in [6.45, 7) is 13.5. The van der Waals surface area contributed by atoms with Gasteiger partial charge < -0.3 is 0 Å². The fourth-order valence-electron chi connectivity index (χ4n) is 2.79. The summed E-state index contributed by atoms with van der Waals surface area (Å²) in [5.74, 6) is 2.05. The summed E-state index contributed by atoms with van der Waals surface area (Å²) in [4.78, 5) is 2.48. The van der Waals surface area contributed by atoms with Crippen molar-refractivity contribution in [1.29, 1.82) is 4.78 Å². The molecule has 18 heavy (non-hydrogen) atoms. The smallest absolute Gasteiger partial charge is 0.0497 e. The second kappa shape index (κ2) is 5.13. The highest BCUT2D eigenvalue weighted by atomic mass is 32.2. The Hall–Kier alpha value is -0.680. The Balaban J connectivity index is 2.21. The molecule has 0 unspecified atom stereocenters. The van der Waals surface area contributed by atoms with E-state index in [-0.39, 0.29) is 16.1 Å². The minimum atomic E-state index is -0.130. The van der Waals surface area contributed by atoms with Crippen LogP contribution in [-0.2, 0) is 10.7 Å². The molecule has 2 aliphatic heterocycles. The van der Waals surface area contributed by atoms with E-state index in [1.165, 1.54) is 0 Å². The topological polar surface area (TPSA) is 42.7 Å². The van der Waals surface area contributed by atoms with E-state index in [1.807, 2.05) is 13.1 Å². The molecule has 2 saturated heterocycles. The normalized spacial score (nSPS) is 34.3. The quantitative estimate of drug-likeness (QED) is 0.777. The van der Waals surface area contributed by atoms with Crippen molar-refractivity contribution in [3.8, 4) is 0 Å². The molecule has 0 saturated carbocycles. The van der Waals surface area contributed by atoms with Crippen molar-refractivity contribution >= 4 is 16.9 Å². The largest absolute Gasteiger partial charge is 0.294 e. The van der Waals surface area contributed by atoms with E-state index in [0.717, 1.165) is 36.8 Å². The Bertz CT molecular complexity index is 380. The van der Waals surface area contributed by atoms with Gasteiger partial charge in [0.25, 0.3) is 0 Å². The highest BCUT2D eigenvalue weighted by molar-refractivity contribution is 7.87. The molecule has 0 aromatic carbocycles. The van der Waals surface area contributed by atoms with Crippen LogP contribution in [0.5, 0.6) is 0 Å². The van der Waals surface area contributed by atoms with Crippen molar-refractivity contribution in [2.24, 2.45) is 10.5 Å². The van der Waals surface area contributed by atoms with Crippen molar-refractivity contribution < 1.29 is 0 Å². The maximum atomic E-state index is 7.87. The first-order valence-electron chi connectivity index (χ1n) is 6.52. The average molecular weight is 268 g/mol. The van der Waals surface area contributed by atoms with E-state index in [0.29, 0.717) is 6.04 Å². The SMILES string of the molecule is C=C1CN(C(C)C)CC2(CN1/N=C\C)CS(=N)C2. The lowest BCUT2D eigenvalue weighted by molar-refractivity contribution is 0.161. The summed E-state index contributed by atoms with van der Waals surface area (Å²) in [5, 5.41) is 6.50. The monoisotopic (exact) mass is 268 g/mol. The van der Waals surface area contributed by atoms with Crippen molar-refractivity contribution in [3.05, 3.63) is 12.3 Å². The third-order valence-corrected chi connectivity index (χ3v) is 5.64. The van der Waals surface area contributed by atoms with Gasteiger partial charge in [-0.3, -0.25) is 14.7 Å². The van der Waals surface area contributed by atoms with Crippen molar-refractivity contribution in [3.63, 3.8) is 0 Å². The Morgan fingerprint density at radius 2 is 2.11 bits per heavy atom. The molecule has 5 heteroatoms. The first-order chi connectivity index (χ1) is 8.46. The maximum absolute atomic E-state index is 7.87. The molecule has 0 radical (unpaired) electrons. The predicted molar refractivity (Wildman–Crippen MR) is 79.0 cm³/mol. The molecule has 0 atom stereocenters.